The van der Waals surface area contributed by atoms with Crippen molar-refractivity contribution < 1.29 is 9.47 Å². The summed E-state index contributed by atoms with van der Waals surface area (Å²) in [6.45, 7) is 18.6. The third kappa shape index (κ3) is 7.86. The maximum Gasteiger partial charge on any atom is 0.258 e. The van der Waals surface area contributed by atoms with Gasteiger partial charge in [0, 0.05) is 74.6 Å². The summed E-state index contributed by atoms with van der Waals surface area (Å²) in [7, 11) is 0. The normalized spacial score (nSPS) is 16.5. The van der Waals surface area contributed by atoms with E-state index in [4.69, 9.17) is 19.4 Å². The number of fused-ring (bicyclic) bond motifs is 10. The maximum atomic E-state index is 7.57. The Balaban J connectivity index is 0.899. The van der Waals surface area contributed by atoms with Crippen molar-refractivity contribution in [2.45, 2.75) is 89.9 Å². The lowest BCUT2D eigenvalue weighted by Crippen LogP contribution is -2.63. The smallest absolute Gasteiger partial charge is 0.258 e. The van der Waals surface area contributed by atoms with Gasteiger partial charge in [0.15, 0.2) is 0 Å². The van der Waals surface area contributed by atoms with Crippen LogP contribution in [0, 0.1) is 0 Å². The molecule has 0 N–H and O–H groups in total. The van der Waals surface area contributed by atoms with E-state index in [-0.39, 0.29) is 35.1 Å². The molecule has 11 aromatic rings. The molecule has 0 atom stereocenters. The fourth-order valence-corrected chi connectivity index (χ4v) is 16.7. The molecule has 17 rings (SSSR count). The molecular weight excluding hydrogens is 1070 g/mol. The molecular formula is C78H66B2N6O2. The molecule has 0 unspecified atom stereocenters. The number of hydrogen-bond donors (Lipinski definition) is 0. The average Bonchev–Trinajstić information content (AvgIpc) is 0.925. The summed E-state index contributed by atoms with van der Waals surface area (Å²) in [5.74, 6) is 6.17. The summed E-state index contributed by atoms with van der Waals surface area (Å²) in [5, 5.41) is 0. The summed E-state index contributed by atoms with van der Waals surface area (Å²) < 4.78 is 15.1. The van der Waals surface area contributed by atoms with Gasteiger partial charge < -0.3 is 9.47 Å². The zero-order valence-corrected chi connectivity index (χ0v) is 51.0. The van der Waals surface area contributed by atoms with Crippen LogP contribution < -0.4 is 61.9 Å². The van der Waals surface area contributed by atoms with E-state index in [1.807, 2.05) is 0 Å². The fraction of sp³-hybridized carbons (Fsp3) is 0.179. The summed E-state index contributed by atoms with van der Waals surface area (Å²) in [6, 6.07) is 83.3. The molecule has 8 nitrogen and oxygen atoms in total. The molecule has 0 bridgehead atoms. The molecule has 0 saturated carbocycles. The molecule has 6 heterocycles. The van der Waals surface area contributed by atoms with E-state index in [9.17, 15) is 0 Å². The number of hydrogen-bond acceptors (Lipinski definition) is 8. The lowest BCUT2D eigenvalue weighted by Gasteiger charge is -2.42. The van der Waals surface area contributed by atoms with Crippen LogP contribution in [0.3, 0.4) is 0 Å². The molecule has 0 fully saturated rings. The van der Waals surface area contributed by atoms with Gasteiger partial charge in [0.05, 0.1) is 0 Å². The van der Waals surface area contributed by atoms with Crippen molar-refractivity contribution in [1.82, 2.24) is 9.97 Å². The predicted molar refractivity (Wildman–Crippen MR) is 364 cm³/mol. The van der Waals surface area contributed by atoms with Crippen molar-refractivity contribution in [2.75, 3.05) is 19.6 Å². The first-order chi connectivity index (χ1) is 42.6. The summed E-state index contributed by atoms with van der Waals surface area (Å²) in [6.07, 6.45) is 2.14. The van der Waals surface area contributed by atoms with Gasteiger partial charge in [-0.1, -0.05) is 183 Å². The molecule has 9 aromatic carbocycles. The summed E-state index contributed by atoms with van der Waals surface area (Å²) >= 11 is 0. The van der Waals surface area contributed by atoms with E-state index >= 15 is 0 Å². The molecule has 88 heavy (non-hydrogen) atoms. The van der Waals surface area contributed by atoms with Gasteiger partial charge in [-0.25, -0.2) is 9.97 Å². The van der Waals surface area contributed by atoms with Crippen LogP contribution in [-0.2, 0) is 21.7 Å². The largest absolute Gasteiger partial charge is 0.458 e. The first-order valence-corrected chi connectivity index (χ1v) is 31.1. The molecule has 0 saturated heterocycles. The van der Waals surface area contributed by atoms with Crippen LogP contribution in [0.1, 0.15) is 90.5 Å². The molecule has 0 radical (unpaired) electrons. The van der Waals surface area contributed by atoms with E-state index < -0.39 is 0 Å². The number of pyridine rings is 2. The molecule has 10 heteroatoms. The fourth-order valence-electron chi connectivity index (χ4n) is 16.7. The zero-order chi connectivity index (χ0) is 59.6. The second-order valence-corrected chi connectivity index (χ2v) is 27.6. The highest BCUT2D eigenvalue weighted by Gasteiger charge is 2.50. The molecule has 0 amide bonds. The molecule has 2 aliphatic carbocycles. The van der Waals surface area contributed by atoms with E-state index in [1.54, 1.807) is 0 Å². The average molecular weight is 1140 g/mol. The predicted octanol–water partition coefficient (Wildman–Crippen LogP) is 16.1. The highest BCUT2D eigenvalue weighted by Crippen LogP contribution is 2.54. The van der Waals surface area contributed by atoms with Gasteiger partial charge in [0.25, 0.3) is 13.4 Å². The Bertz CT molecular complexity index is 4310. The van der Waals surface area contributed by atoms with Crippen LogP contribution in [0.15, 0.2) is 231 Å². The second-order valence-electron chi connectivity index (χ2n) is 27.6. The zero-order valence-electron chi connectivity index (χ0n) is 51.0. The first-order valence-electron chi connectivity index (χ1n) is 31.1. The summed E-state index contributed by atoms with van der Waals surface area (Å²) in [4.78, 5) is 21.1. The van der Waals surface area contributed by atoms with E-state index in [0.717, 1.165) is 126 Å². The Labute approximate surface area is 516 Å². The van der Waals surface area contributed by atoms with Crippen LogP contribution in [0.4, 0.5) is 68.8 Å². The highest BCUT2D eigenvalue weighted by atomic mass is 16.5. The first kappa shape index (κ1) is 52.5. The number of anilines is 12. The minimum absolute atomic E-state index is 0.0231. The van der Waals surface area contributed by atoms with Gasteiger partial charge >= 0.3 is 0 Å². The minimum atomic E-state index is -0.249. The number of para-hydroxylation sites is 6. The Morgan fingerprint density at radius 1 is 0.341 bits per heavy atom. The number of nitrogens with zero attached hydrogens (tertiary/aromatic N) is 6. The van der Waals surface area contributed by atoms with Crippen molar-refractivity contribution >= 4 is 115 Å². The van der Waals surface area contributed by atoms with Crippen LogP contribution >= 0.6 is 0 Å². The Hall–Kier alpha value is -9.79. The molecule has 4 aliphatic heterocycles. The number of rotatable bonds is 8. The Morgan fingerprint density at radius 3 is 1.06 bits per heavy atom. The quantitative estimate of drug-likeness (QED) is 0.140. The second kappa shape index (κ2) is 18.9. The molecule has 426 valence electrons. The summed E-state index contributed by atoms with van der Waals surface area (Å²) in [5.41, 5.74) is 20.5. The number of ether oxygens (including phenoxy) is 2. The van der Waals surface area contributed by atoms with Crippen LogP contribution in [-0.4, -0.2) is 23.4 Å². The van der Waals surface area contributed by atoms with Crippen LogP contribution in [0.25, 0.3) is 0 Å². The minimum Gasteiger partial charge on any atom is -0.458 e. The lowest BCUT2D eigenvalue weighted by atomic mass is 9.31. The van der Waals surface area contributed by atoms with Crippen molar-refractivity contribution in [2.24, 2.45) is 0 Å². The Morgan fingerprint density at radius 2 is 0.682 bits per heavy atom. The Kier molecular flexibility index (Phi) is 11.3. The standard InChI is InChI=1S/C78H66B2N6O2/c1-75(2)47-77(5,6)57-41-53(37-39-55(57)75)85-63-35-23-21-33-59(63)79-61-43-62-66(44-65(61)87-67-45-69(81-73(85)71(67)79)83(49-25-13-9-14-26-49)50-27-15-10-16-28-50)88-68-46-70(84(51-29-17-11-18-30-51)52-31-19-12-20-32-52)82-74-72(68)80(62)60-34-22-24-36-64(60)86(74)54-38-40-56-58(42-54)78(7,8)48-76(56,3)4/h9-46H,47-48H2,1-8H3. The van der Waals surface area contributed by atoms with Gasteiger partial charge in [-0.3, -0.25) is 19.6 Å². The monoisotopic (exact) mass is 1140 g/mol. The van der Waals surface area contributed by atoms with Crippen molar-refractivity contribution in [3.8, 4) is 23.0 Å². The molecule has 2 aromatic heterocycles. The van der Waals surface area contributed by atoms with Gasteiger partial charge in [-0.2, -0.15) is 0 Å². The van der Waals surface area contributed by atoms with Gasteiger partial charge in [0.2, 0.25) is 0 Å². The lowest BCUT2D eigenvalue weighted by molar-refractivity contribution is 0.402. The molecule has 0 spiro atoms. The third-order valence-corrected chi connectivity index (χ3v) is 19.9. The molecule has 6 aliphatic rings. The van der Waals surface area contributed by atoms with Crippen molar-refractivity contribution in [3.63, 3.8) is 0 Å². The van der Waals surface area contributed by atoms with Crippen LogP contribution in [0.5, 0.6) is 23.0 Å². The van der Waals surface area contributed by atoms with Crippen molar-refractivity contribution in [1.29, 1.82) is 0 Å². The topological polar surface area (TPSA) is 57.2 Å². The van der Waals surface area contributed by atoms with Crippen LogP contribution in [0.2, 0.25) is 0 Å². The number of aromatic nitrogens is 2. The van der Waals surface area contributed by atoms with Gasteiger partial charge in [-0.05, 0) is 164 Å². The highest BCUT2D eigenvalue weighted by molar-refractivity contribution is 7.02. The number of benzene rings is 9. The van der Waals surface area contributed by atoms with E-state index in [0.29, 0.717) is 0 Å². The van der Waals surface area contributed by atoms with Crippen molar-refractivity contribution in [3.05, 3.63) is 253 Å². The van der Waals surface area contributed by atoms with Gasteiger partial charge in [-0.15, -0.1) is 0 Å². The van der Waals surface area contributed by atoms with Gasteiger partial charge in [0.1, 0.15) is 46.3 Å². The maximum absolute atomic E-state index is 7.57. The third-order valence-electron chi connectivity index (χ3n) is 19.9. The van der Waals surface area contributed by atoms with E-state index in [1.165, 1.54) is 33.2 Å². The SMILES string of the molecule is CC1(C)CC(C)(C)c2cc(N3c4ccccc4B4c5cc6c(cc5Oc5cc(N(c7ccccc7)c7ccccc7)nc3c54)Oc3cc(N(c4ccccc4)c4ccccc4)nc4c3B6c3ccccc3N4c3ccc4c(c3)C(C)(C)CC4(C)C)ccc21. The van der Waals surface area contributed by atoms with E-state index in [2.05, 4.69) is 306 Å².